The lowest BCUT2D eigenvalue weighted by Gasteiger charge is -2.23. The Labute approximate surface area is 201 Å². The molecule has 0 saturated heterocycles. The zero-order valence-electron chi connectivity index (χ0n) is 19.8. The van der Waals surface area contributed by atoms with Gasteiger partial charge in [-0.05, 0) is 11.5 Å². The molecule has 0 unspecified atom stereocenters. The minimum absolute atomic E-state index is 0.174. The van der Waals surface area contributed by atoms with Crippen molar-refractivity contribution in [1.29, 1.82) is 0 Å². The number of hydrogen-bond donors (Lipinski definition) is 0. The third kappa shape index (κ3) is 10.3. The summed E-state index contributed by atoms with van der Waals surface area (Å²) in [7, 11) is -10.9. The highest BCUT2D eigenvalue weighted by molar-refractivity contribution is 8.13. The minimum atomic E-state index is -6.72. The molecule has 0 spiro atoms. The Morgan fingerprint density at radius 2 is 1.31 bits per heavy atom. The maximum Gasteiger partial charge on any atom is 0.500 e. The van der Waals surface area contributed by atoms with E-state index in [9.17, 15) is 43.2 Å². The van der Waals surface area contributed by atoms with E-state index in [-0.39, 0.29) is 5.41 Å². The van der Waals surface area contributed by atoms with Crippen LogP contribution < -0.4 is 4.57 Å². The molecule has 0 fully saturated rings. The van der Waals surface area contributed by atoms with Crippen LogP contribution in [0.4, 0.5) is 26.3 Å². The Bertz CT molecular complexity index is 972. The second-order valence-electron chi connectivity index (χ2n) is 7.90. The van der Waals surface area contributed by atoms with Gasteiger partial charge >= 0.3 is 19.8 Å². The summed E-state index contributed by atoms with van der Waals surface area (Å²) in [6.45, 7) is 7.62. The first kappa shape index (κ1) is 33.7. The van der Waals surface area contributed by atoms with Gasteiger partial charge in [-0.1, -0.05) is 20.8 Å². The van der Waals surface area contributed by atoms with Crippen LogP contribution in [-0.4, -0.2) is 58.0 Å². The molecule has 0 bridgehead atoms. The van der Waals surface area contributed by atoms with Gasteiger partial charge in [-0.3, -0.25) is 0 Å². The van der Waals surface area contributed by atoms with Crippen molar-refractivity contribution in [1.82, 2.24) is 0 Å². The van der Waals surface area contributed by atoms with E-state index in [2.05, 4.69) is 49.9 Å². The molecule has 0 aliphatic heterocycles. The fourth-order valence-corrected chi connectivity index (χ4v) is 5.77. The molecular formula is C17H28F6N2O7S2Si. The smallest absolute Gasteiger partial charge is 0.421 e. The Kier molecular flexibility index (Phi) is 11.8. The molecular weight excluding hydrogens is 550 g/mol. The lowest BCUT2D eigenvalue weighted by Crippen LogP contribution is -2.44. The predicted molar refractivity (Wildman–Crippen MR) is 115 cm³/mol. The molecule has 1 aromatic heterocycles. The molecule has 0 N–H and O–H groups in total. The van der Waals surface area contributed by atoms with E-state index >= 15 is 0 Å². The average molecular weight is 579 g/mol. The summed E-state index contributed by atoms with van der Waals surface area (Å²) in [5.74, 6) is 0. The third-order valence-electron chi connectivity index (χ3n) is 4.34. The van der Waals surface area contributed by atoms with E-state index in [4.69, 9.17) is 13.3 Å². The van der Waals surface area contributed by atoms with E-state index in [0.717, 1.165) is 23.1 Å². The molecule has 1 heterocycles. The first-order valence-corrected chi connectivity index (χ1v) is 14.4. The van der Waals surface area contributed by atoms with Crippen LogP contribution in [0, 0.1) is 0 Å². The molecule has 206 valence electrons. The highest BCUT2D eigenvalue weighted by Gasteiger charge is 2.47. The predicted octanol–water partition coefficient (Wildman–Crippen LogP) is 3.60. The van der Waals surface area contributed by atoms with E-state index in [1.807, 2.05) is 0 Å². The zero-order chi connectivity index (χ0) is 27.9. The van der Waals surface area contributed by atoms with Crippen molar-refractivity contribution in [2.45, 2.75) is 56.2 Å². The molecule has 0 saturated carbocycles. The Hall–Kier alpha value is -1.31. The Morgan fingerprint density at radius 1 is 0.886 bits per heavy atom. The van der Waals surface area contributed by atoms with Crippen LogP contribution in [-0.2, 0) is 45.3 Å². The van der Waals surface area contributed by atoms with Gasteiger partial charge in [0.05, 0.1) is 0 Å². The van der Waals surface area contributed by atoms with Crippen molar-refractivity contribution in [2.24, 2.45) is 0 Å². The summed E-state index contributed by atoms with van der Waals surface area (Å²) in [5, 5.41) is 0. The van der Waals surface area contributed by atoms with Gasteiger partial charge in [0, 0.05) is 45.4 Å². The van der Waals surface area contributed by atoms with Crippen LogP contribution in [0.25, 0.3) is 4.13 Å². The molecule has 1 rings (SSSR count). The largest absolute Gasteiger partial charge is 0.500 e. The van der Waals surface area contributed by atoms with E-state index in [1.54, 1.807) is 21.3 Å². The fraction of sp³-hybridized carbons (Fsp3) is 0.706. The molecule has 0 aliphatic rings. The maximum absolute atomic E-state index is 11.4. The first-order chi connectivity index (χ1) is 15.6. The number of hydrogen-bond acceptors (Lipinski definition) is 7. The van der Waals surface area contributed by atoms with Gasteiger partial charge in [-0.25, -0.2) is 21.4 Å². The SMILES string of the molecule is CO[Si](CCC[n+]1cccc(C(C)(C)C)c1)(OC)OC.O=S(=O)([N-]S(=O)(=O)C(F)(F)F)C(F)(F)F. The molecule has 0 aromatic carbocycles. The fourth-order valence-electron chi connectivity index (χ4n) is 2.35. The van der Waals surface area contributed by atoms with Gasteiger partial charge in [0.15, 0.2) is 32.4 Å². The topological polar surface area (TPSA) is 114 Å². The third-order valence-corrected chi connectivity index (χ3v) is 9.91. The van der Waals surface area contributed by atoms with Crippen molar-refractivity contribution in [3.63, 3.8) is 0 Å². The molecule has 18 heteroatoms. The maximum atomic E-state index is 11.4. The summed E-state index contributed by atoms with van der Waals surface area (Å²) in [6.07, 6.45) is 5.29. The van der Waals surface area contributed by atoms with Gasteiger partial charge in [0.1, 0.15) is 6.54 Å². The molecule has 35 heavy (non-hydrogen) atoms. The van der Waals surface area contributed by atoms with Gasteiger partial charge in [0.25, 0.3) is 0 Å². The van der Waals surface area contributed by atoms with Crippen LogP contribution in [0.3, 0.4) is 0 Å². The van der Waals surface area contributed by atoms with Crippen LogP contribution in [0.15, 0.2) is 24.5 Å². The molecule has 0 radical (unpaired) electrons. The van der Waals surface area contributed by atoms with E-state index < -0.39 is 39.9 Å². The van der Waals surface area contributed by atoms with Crippen molar-refractivity contribution >= 4 is 28.9 Å². The molecule has 0 aliphatic carbocycles. The quantitative estimate of drug-likeness (QED) is 0.250. The second kappa shape index (κ2) is 12.3. The van der Waals surface area contributed by atoms with Crippen molar-refractivity contribution in [3.05, 3.63) is 34.2 Å². The van der Waals surface area contributed by atoms with Crippen molar-refractivity contribution in [2.75, 3.05) is 21.3 Å². The number of aromatic nitrogens is 1. The van der Waals surface area contributed by atoms with Crippen LogP contribution in [0.1, 0.15) is 32.8 Å². The highest BCUT2D eigenvalue weighted by atomic mass is 32.3. The number of alkyl halides is 6. The van der Waals surface area contributed by atoms with Gasteiger partial charge in [-0.15, -0.1) is 0 Å². The highest BCUT2D eigenvalue weighted by Crippen LogP contribution is 2.36. The molecule has 1 aromatic rings. The number of pyridine rings is 1. The molecule has 9 nitrogen and oxygen atoms in total. The summed E-state index contributed by atoms with van der Waals surface area (Å²) >= 11 is 0. The van der Waals surface area contributed by atoms with Crippen molar-refractivity contribution in [3.8, 4) is 0 Å². The van der Waals surface area contributed by atoms with Crippen LogP contribution in [0.2, 0.25) is 6.04 Å². The van der Waals surface area contributed by atoms with E-state index in [0.29, 0.717) is 0 Å². The molecule has 0 atom stereocenters. The number of sulfonamides is 2. The second-order valence-corrected chi connectivity index (χ2v) is 14.4. The summed E-state index contributed by atoms with van der Waals surface area (Å²) in [6, 6.07) is 5.10. The van der Waals surface area contributed by atoms with E-state index in [1.165, 1.54) is 5.56 Å². The lowest BCUT2D eigenvalue weighted by molar-refractivity contribution is -0.697. The number of aryl methyl sites for hydroxylation is 1. The zero-order valence-corrected chi connectivity index (χ0v) is 22.4. The van der Waals surface area contributed by atoms with Gasteiger partial charge in [0.2, 0.25) is 0 Å². The molecule has 0 amide bonds. The summed E-state index contributed by atoms with van der Waals surface area (Å²) in [4.78, 5) is 0. The summed E-state index contributed by atoms with van der Waals surface area (Å²) in [5.41, 5.74) is -10.9. The normalized spacial score (nSPS) is 13.8. The standard InChI is InChI=1S/C15H28NO3Si.C2F6NO4S2/c1-15(2,3)14-9-7-10-16(13-14)11-8-12-20(17-4,18-5)19-6;3-1(4,5)14(10,11)9-15(12,13)2(6,7)8/h7,9-10,13H,8,11-12H2,1-6H3;/q+1;-1. The first-order valence-electron chi connectivity index (χ1n) is 9.59. The monoisotopic (exact) mass is 578 g/mol. The number of halogens is 6. The van der Waals surface area contributed by atoms with Crippen molar-refractivity contribution < 1.29 is 61.0 Å². The Balaban J connectivity index is 0.000000691. The Morgan fingerprint density at radius 3 is 1.66 bits per heavy atom. The van der Waals surface area contributed by atoms with Gasteiger partial charge in [-0.2, -0.15) is 26.3 Å². The van der Waals surface area contributed by atoms with Crippen LogP contribution in [0.5, 0.6) is 0 Å². The minimum Gasteiger partial charge on any atom is -0.421 e. The lowest BCUT2D eigenvalue weighted by atomic mass is 9.88. The number of nitrogens with zero attached hydrogens (tertiary/aromatic N) is 2. The average Bonchev–Trinajstić information content (AvgIpc) is 2.69. The summed E-state index contributed by atoms with van der Waals surface area (Å²) < 4.78 is 128. The number of rotatable bonds is 9. The van der Waals surface area contributed by atoms with Gasteiger partial charge < -0.3 is 17.4 Å². The van der Waals surface area contributed by atoms with Crippen LogP contribution >= 0.6 is 0 Å².